The van der Waals surface area contributed by atoms with Crippen LogP contribution in [0.3, 0.4) is 0 Å². The van der Waals surface area contributed by atoms with Crippen LogP contribution in [0.25, 0.3) is 0 Å². The summed E-state index contributed by atoms with van der Waals surface area (Å²) in [6, 6.07) is 6.13. The molecule has 1 aromatic carbocycles. The Kier molecular flexibility index (Phi) is 11.5. The number of rotatable bonds is 10. The molecule has 2 rings (SSSR count). The van der Waals surface area contributed by atoms with Gasteiger partial charge in [0.15, 0.2) is 5.96 Å². The van der Waals surface area contributed by atoms with Crippen LogP contribution >= 0.6 is 24.0 Å². The topological polar surface area (TPSA) is 101 Å². The fourth-order valence-corrected chi connectivity index (χ4v) is 4.27. The maximum atomic E-state index is 11.5. The Morgan fingerprint density at radius 2 is 2.06 bits per heavy atom. The zero-order valence-corrected chi connectivity index (χ0v) is 22.3. The summed E-state index contributed by atoms with van der Waals surface area (Å²) in [5, 5.41) is 6.42. The van der Waals surface area contributed by atoms with E-state index in [2.05, 4.69) is 26.4 Å². The van der Waals surface area contributed by atoms with Crippen molar-refractivity contribution in [2.75, 3.05) is 39.2 Å². The Balaban J connectivity index is 0.00000480. The molecule has 0 aromatic heterocycles. The second kappa shape index (κ2) is 12.8. The molecule has 1 aromatic rings. The van der Waals surface area contributed by atoms with Crippen molar-refractivity contribution in [3.63, 3.8) is 0 Å². The molecule has 1 heterocycles. The monoisotopic (exact) mass is 568 g/mol. The smallest absolute Gasteiger partial charge is 0.209 e. The molecule has 0 aliphatic carbocycles. The van der Waals surface area contributed by atoms with Gasteiger partial charge < -0.3 is 20.1 Å². The van der Waals surface area contributed by atoms with E-state index in [4.69, 9.17) is 9.47 Å². The molecule has 1 aliphatic heterocycles. The molecule has 0 spiro atoms. The van der Waals surface area contributed by atoms with E-state index in [0.717, 1.165) is 42.8 Å². The van der Waals surface area contributed by atoms with Crippen LogP contribution in [0.15, 0.2) is 23.2 Å². The highest BCUT2D eigenvalue weighted by Crippen LogP contribution is 2.23. The molecule has 0 saturated carbocycles. The predicted octanol–water partition coefficient (Wildman–Crippen LogP) is 2.41. The summed E-state index contributed by atoms with van der Waals surface area (Å²) in [6.07, 6.45) is 2.19. The molecule has 1 saturated heterocycles. The highest BCUT2D eigenvalue weighted by atomic mass is 127. The summed E-state index contributed by atoms with van der Waals surface area (Å²) in [5.41, 5.74) is 1.50. The number of nitrogens with zero attached hydrogens (tertiary/aromatic N) is 1. The first-order valence-electron chi connectivity index (χ1n) is 10.4. The second-order valence-electron chi connectivity index (χ2n) is 8.46. The number of halogens is 1. The largest absolute Gasteiger partial charge is 0.493 e. The Morgan fingerprint density at radius 3 is 2.68 bits per heavy atom. The van der Waals surface area contributed by atoms with Crippen LogP contribution in [0, 0.1) is 12.8 Å². The van der Waals surface area contributed by atoms with Crippen molar-refractivity contribution in [3.8, 4) is 5.75 Å². The quantitative estimate of drug-likeness (QED) is 0.228. The van der Waals surface area contributed by atoms with Crippen LogP contribution in [0.4, 0.5) is 0 Å². The molecule has 0 radical (unpaired) electrons. The first kappa shape index (κ1) is 27.9. The number of aryl methyl sites for hydroxylation is 1. The average Bonchev–Trinajstić information content (AvgIpc) is 3.15. The van der Waals surface area contributed by atoms with Gasteiger partial charge in [0.25, 0.3) is 0 Å². The van der Waals surface area contributed by atoms with Gasteiger partial charge in [-0.05, 0) is 45.7 Å². The fourth-order valence-electron chi connectivity index (χ4n) is 3.20. The molecular weight excluding hydrogens is 531 g/mol. The summed E-state index contributed by atoms with van der Waals surface area (Å²) in [6.45, 7) is 11.4. The number of sulfonamides is 1. The normalized spacial score (nSPS) is 17.2. The number of hydrogen-bond acceptors (Lipinski definition) is 5. The molecule has 1 fully saturated rings. The Morgan fingerprint density at radius 1 is 1.32 bits per heavy atom. The van der Waals surface area contributed by atoms with E-state index in [1.165, 1.54) is 0 Å². The van der Waals surface area contributed by atoms with Crippen molar-refractivity contribution < 1.29 is 17.9 Å². The van der Waals surface area contributed by atoms with Gasteiger partial charge in [-0.2, -0.15) is 0 Å². The minimum atomic E-state index is -3.30. The molecule has 31 heavy (non-hydrogen) atoms. The van der Waals surface area contributed by atoms with E-state index in [0.29, 0.717) is 38.1 Å². The maximum Gasteiger partial charge on any atom is 0.209 e. The lowest BCUT2D eigenvalue weighted by Crippen LogP contribution is -2.53. The number of benzene rings is 1. The van der Waals surface area contributed by atoms with Gasteiger partial charge in [-0.15, -0.1) is 24.0 Å². The summed E-state index contributed by atoms with van der Waals surface area (Å²) in [5.74, 6) is 1.91. The third-order valence-corrected chi connectivity index (χ3v) is 5.56. The van der Waals surface area contributed by atoms with Crippen molar-refractivity contribution in [3.05, 3.63) is 29.3 Å². The van der Waals surface area contributed by atoms with Gasteiger partial charge in [-0.25, -0.2) is 18.1 Å². The van der Waals surface area contributed by atoms with Crippen molar-refractivity contribution >= 4 is 40.0 Å². The number of nitrogens with one attached hydrogen (secondary N) is 3. The van der Waals surface area contributed by atoms with E-state index < -0.39 is 15.6 Å². The molecular formula is C21H37IN4O4S. The average molecular weight is 569 g/mol. The highest BCUT2D eigenvalue weighted by molar-refractivity contribution is 14.0. The van der Waals surface area contributed by atoms with E-state index in [9.17, 15) is 8.42 Å². The van der Waals surface area contributed by atoms with Crippen molar-refractivity contribution in [2.24, 2.45) is 10.9 Å². The van der Waals surface area contributed by atoms with Crippen LogP contribution in [0.2, 0.25) is 0 Å². The van der Waals surface area contributed by atoms with Gasteiger partial charge in [0, 0.05) is 36.7 Å². The van der Waals surface area contributed by atoms with Crippen LogP contribution in [0.5, 0.6) is 5.75 Å². The summed E-state index contributed by atoms with van der Waals surface area (Å²) < 4.78 is 37.2. The molecule has 0 amide bonds. The third kappa shape index (κ3) is 10.8. The minimum Gasteiger partial charge on any atom is -0.493 e. The fraction of sp³-hybridized carbons (Fsp3) is 0.667. The van der Waals surface area contributed by atoms with Gasteiger partial charge in [0.2, 0.25) is 10.0 Å². The third-order valence-electron chi connectivity index (χ3n) is 4.63. The maximum absolute atomic E-state index is 11.5. The number of guanidine groups is 1. The van der Waals surface area contributed by atoms with E-state index in [1.54, 1.807) is 0 Å². The Labute approximate surface area is 204 Å². The minimum absolute atomic E-state index is 0. The SMILES string of the molecule is CCNC(=NCc1ccc(C)cc1OCC1CCOC1)NCC(C)(C)NS(C)(=O)=O.I. The van der Waals surface area contributed by atoms with Gasteiger partial charge in [-0.1, -0.05) is 12.1 Å². The first-order valence-corrected chi connectivity index (χ1v) is 12.3. The lowest BCUT2D eigenvalue weighted by molar-refractivity contribution is 0.166. The molecule has 178 valence electrons. The van der Waals surface area contributed by atoms with E-state index in [-0.39, 0.29) is 24.0 Å². The molecule has 0 bridgehead atoms. The van der Waals surface area contributed by atoms with Gasteiger partial charge in [0.1, 0.15) is 5.75 Å². The number of ether oxygens (including phenoxy) is 2. The second-order valence-corrected chi connectivity index (χ2v) is 10.2. The summed E-state index contributed by atoms with van der Waals surface area (Å²) in [7, 11) is -3.30. The van der Waals surface area contributed by atoms with Crippen LogP contribution in [-0.4, -0.2) is 59.1 Å². The van der Waals surface area contributed by atoms with Crippen LogP contribution in [-0.2, 0) is 21.3 Å². The standard InChI is InChI=1S/C21H36N4O4S.HI/c1-6-22-20(24-15-21(3,4)25-30(5,26)27)23-12-18-8-7-16(2)11-19(18)29-14-17-9-10-28-13-17;/h7-8,11,17,25H,6,9-10,12-15H2,1-5H3,(H2,22,23,24);1H. The molecule has 1 unspecified atom stereocenters. The van der Waals surface area contributed by atoms with E-state index >= 15 is 0 Å². The predicted molar refractivity (Wildman–Crippen MR) is 136 cm³/mol. The summed E-state index contributed by atoms with van der Waals surface area (Å²) in [4.78, 5) is 4.67. The van der Waals surface area contributed by atoms with Gasteiger partial charge >= 0.3 is 0 Å². The van der Waals surface area contributed by atoms with Gasteiger partial charge in [0.05, 0.1) is 26.0 Å². The number of hydrogen-bond donors (Lipinski definition) is 3. The Hall–Kier alpha value is -1.11. The molecule has 8 nitrogen and oxygen atoms in total. The zero-order valence-electron chi connectivity index (χ0n) is 19.2. The lowest BCUT2D eigenvalue weighted by atomic mass is 10.1. The molecule has 1 aliphatic rings. The van der Waals surface area contributed by atoms with Crippen molar-refractivity contribution in [1.82, 2.24) is 15.4 Å². The van der Waals surface area contributed by atoms with E-state index in [1.807, 2.05) is 39.8 Å². The van der Waals surface area contributed by atoms with Crippen LogP contribution < -0.4 is 20.1 Å². The molecule has 3 N–H and O–H groups in total. The Bertz CT molecular complexity index is 825. The molecule has 1 atom stereocenters. The van der Waals surface area contributed by atoms with Crippen molar-refractivity contribution in [2.45, 2.75) is 46.2 Å². The van der Waals surface area contributed by atoms with Gasteiger partial charge in [-0.3, -0.25) is 0 Å². The molecule has 10 heteroatoms. The number of aliphatic imine (C=N–C) groups is 1. The van der Waals surface area contributed by atoms with Crippen molar-refractivity contribution in [1.29, 1.82) is 0 Å². The summed E-state index contributed by atoms with van der Waals surface area (Å²) >= 11 is 0. The zero-order chi connectivity index (χ0) is 22.2. The lowest BCUT2D eigenvalue weighted by Gasteiger charge is -2.26. The van der Waals surface area contributed by atoms with Crippen LogP contribution in [0.1, 0.15) is 38.3 Å². The highest BCUT2D eigenvalue weighted by Gasteiger charge is 2.22. The first-order chi connectivity index (χ1) is 14.1.